The van der Waals surface area contributed by atoms with Gasteiger partial charge in [0.1, 0.15) is 0 Å². The molecule has 0 spiro atoms. The van der Waals surface area contributed by atoms with Gasteiger partial charge < -0.3 is 10.2 Å². The molecule has 0 amide bonds. The van der Waals surface area contributed by atoms with Crippen molar-refractivity contribution in [3.05, 3.63) is 0 Å². The molecule has 1 aliphatic carbocycles. The van der Waals surface area contributed by atoms with Crippen LogP contribution < -0.4 is 5.32 Å². The van der Waals surface area contributed by atoms with Gasteiger partial charge in [-0.2, -0.15) is 0 Å². The molecule has 0 bridgehead atoms. The zero-order chi connectivity index (χ0) is 10.7. The summed E-state index contributed by atoms with van der Waals surface area (Å²) in [5, 5.41) is 3.73. The molecule has 2 nitrogen and oxygen atoms in total. The smallest absolute Gasteiger partial charge is 0.0209 e. The van der Waals surface area contributed by atoms with E-state index in [0.717, 1.165) is 18.0 Å². The van der Waals surface area contributed by atoms with Gasteiger partial charge in [-0.05, 0) is 39.3 Å². The number of hydrogen-bond donors (Lipinski definition) is 1. The van der Waals surface area contributed by atoms with E-state index < -0.39 is 0 Å². The molecule has 15 heavy (non-hydrogen) atoms. The Hall–Kier alpha value is -0.0800. The van der Waals surface area contributed by atoms with E-state index in [-0.39, 0.29) is 0 Å². The lowest BCUT2D eigenvalue weighted by molar-refractivity contribution is 0.326. The average Bonchev–Trinajstić information content (AvgIpc) is 2.79. The van der Waals surface area contributed by atoms with E-state index >= 15 is 0 Å². The van der Waals surface area contributed by atoms with Gasteiger partial charge in [-0.15, -0.1) is 0 Å². The van der Waals surface area contributed by atoms with Crippen LogP contribution in [-0.4, -0.2) is 37.1 Å². The zero-order valence-corrected chi connectivity index (χ0v) is 10.3. The second kappa shape index (κ2) is 5.31. The van der Waals surface area contributed by atoms with Crippen molar-refractivity contribution >= 4 is 0 Å². The first-order chi connectivity index (χ1) is 7.25. The third-order valence-electron chi connectivity index (χ3n) is 4.35. The minimum Gasteiger partial charge on any atom is -0.313 e. The van der Waals surface area contributed by atoms with E-state index in [0.29, 0.717) is 0 Å². The Bertz CT molecular complexity index is 177. The van der Waals surface area contributed by atoms with Crippen molar-refractivity contribution in [3.8, 4) is 0 Å². The highest BCUT2D eigenvalue weighted by molar-refractivity contribution is 4.85. The summed E-state index contributed by atoms with van der Waals surface area (Å²) in [6.07, 6.45) is 8.68. The van der Waals surface area contributed by atoms with Crippen LogP contribution >= 0.6 is 0 Å². The number of likely N-dealkylation sites (N-methyl/N-ethyl adjacent to an activating group) is 1. The van der Waals surface area contributed by atoms with E-state index in [1.165, 1.54) is 51.6 Å². The van der Waals surface area contributed by atoms with Gasteiger partial charge in [0, 0.05) is 18.6 Å². The molecule has 1 heterocycles. The predicted molar refractivity (Wildman–Crippen MR) is 65.1 cm³/mol. The molecule has 1 N–H and O–H groups in total. The Labute approximate surface area is 94.4 Å². The molecule has 1 saturated heterocycles. The van der Waals surface area contributed by atoms with Gasteiger partial charge in [0.2, 0.25) is 0 Å². The van der Waals surface area contributed by atoms with Gasteiger partial charge in [-0.3, -0.25) is 0 Å². The molecule has 1 aliphatic heterocycles. The molecule has 88 valence electrons. The zero-order valence-electron chi connectivity index (χ0n) is 10.3. The number of nitrogens with zero attached hydrogens (tertiary/aromatic N) is 1. The molecule has 2 fully saturated rings. The van der Waals surface area contributed by atoms with Crippen molar-refractivity contribution in [2.45, 2.75) is 57.5 Å². The summed E-state index contributed by atoms with van der Waals surface area (Å²) in [7, 11) is 2.24. The van der Waals surface area contributed by atoms with E-state index in [2.05, 4.69) is 24.2 Å². The summed E-state index contributed by atoms with van der Waals surface area (Å²) in [5.41, 5.74) is 0. The van der Waals surface area contributed by atoms with E-state index in [9.17, 15) is 0 Å². The van der Waals surface area contributed by atoms with Crippen molar-refractivity contribution in [1.29, 1.82) is 0 Å². The van der Waals surface area contributed by atoms with Crippen molar-refractivity contribution in [1.82, 2.24) is 10.2 Å². The van der Waals surface area contributed by atoms with Gasteiger partial charge >= 0.3 is 0 Å². The first kappa shape index (κ1) is 11.4. The van der Waals surface area contributed by atoms with Gasteiger partial charge in [0.05, 0.1) is 0 Å². The lowest BCUT2D eigenvalue weighted by Gasteiger charge is -2.15. The maximum atomic E-state index is 3.73. The van der Waals surface area contributed by atoms with Gasteiger partial charge in [-0.25, -0.2) is 0 Å². The fourth-order valence-electron chi connectivity index (χ4n) is 3.13. The van der Waals surface area contributed by atoms with Crippen LogP contribution in [-0.2, 0) is 0 Å². The van der Waals surface area contributed by atoms with Crippen LogP contribution in [0.25, 0.3) is 0 Å². The third-order valence-corrected chi connectivity index (χ3v) is 4.35. The highest BCUT2D eigenvalue weighted by atomic mass is 15.2. The Morgan fingerprint density at radius 2 is 2.00 bits per heavy atom. The van der Waals surface area contributed by atoms with Crippen molar-refractivity contribution in [3.63, 3.8) is 0 Å². The van der Waals surface area contributed by atoms with Crippen LogP contribution in [0.15, 0.2) is 0 Å². The minimum atomic E-state index is 0.756. The predicted octanol–water partition coefficient (Wildman–Crippen LogP) is 2.25. The molecule has 1 saturated carbocycles. The van der Waals surface area contributed by atoms with Gasteiger partial charge in [0.25, 0.3) is 0 Å². The van der Waals surface area contributed by atoms with Crippen molar-refractivity contribution < 1.29 is 0 Å². The molecule has 2 heteroatoms. The first-order valence-electron chi connectivity index (χ1n) is 6.69. The number of rotatable bonds is 4. The second-order valence-corrected chi connectivity index (χ2v) is 5.61. The summed E-state index contributed by atoms with van der Waals surface area (Å²) in [4.78, 5) is 2.47. The van der Waals surface area contributed by atoms with Crippen molar-refractivity contribution in [2.24, 2.45) is 5.92 Å². The maximum Gasteiger partial charge on any atom is 0.0209 e. The topological polar surface area (TPSA) is 15.3 Å². The summed E-state index contributed by atoms with van der Waals surface area (Å²) < 4.78 is 0. The highest BCUT2D eigenvalue weighted by Crippen LogP contribution is 2.27. The van der Waals surface area contributed by atoms with Crippen LogP contribution in [0, 0.1) is 5.92 Å². The van der Waals surface area contributed by atoms with E-state index in [1.807, 2.05) is 0 Å². The molecule has 0 radical (unpaired) electrons. The van der Waals surface area contributed by atoms with E-state index in [4.69, 9.17) is 0 Å². The Kier molecular flexibility index (Phi) is 4.04. The molecular weight excluding hydrogens is 184 g/mol. The average molecular weight is 210 g/mol. The SMILES string of the molecule is CC1CC(NCCC2CCCC2)CN1C. The molecule has 2 rings (SSSR count). The quantitative estimate of drug-likeness (QED) is 0.765. The summed E-state index contributed by atoms with van der Waals surface area (Å²) in [6.45, 7) is 4.82. The Morgan fingerprint density at radius 1 is 1.27 bits per heavy atom. The van der Waals surface area contributed by atoms with E-state index in [1.54, 1.807) is 0 Å². The minimum absolute atomic E-state index is 0.756. The Balaban J connectivity index is 1.58. The fraction of sp³-hybridized carbons (Fsp3) is 1.00. The second-order valence-electron chi connectivity index (χ2n) is 5.61. The van der Waals surface area contributed by atoms with Crippen LogP contribution in [0.1, 0.15) is 45.4 Å². The summed E-state index contributed by atoms with van der Waals surface area (Å²) in [6, 6.07) is 1.53. The van der Waals surface area contributed by atoms with Gasteiger partial charge in [0.15, 0.2) is 0 Å². The molecule has 0 aromatic heterocycles. The van der Waals surface area contributed by atoms with Crippen LogP contribution in [0.5, 0.6) is 0 Å². The third kappa shape index (κ3) is 3.18. The summed E-state index contributed by atoms with van der Waals surface area (Å²) in [5.74, 6) is 1.04. The lowest BCUT2D eigenvalue weighted by atomic mass is 10.0. The molecule has 2 unspecified atom stereocenters. The van der Waals surface area contributed by atoms with Crippen LogP contribution in [0.3, 0.4) is 0 Å². The lowest BCUT2D eigenvalue weighted by Crippen LogP contribution is -2.32. The Morgan fingerprint density at radius 3 is 2.60 bits per heavy atom. The molecule has 2 aliphatic rings. The number of nitrogens with one attached hydrogen (secondary N) is 1. The molecule has 0 aromatic rings. The number of hydrogen-bond acceptors (Lipinski definition) is 2. The standard InChI is InChI=1S/C13H26N2/c1-11-9-13(10-15(11)2)14-8-7-12-5-3-4-6-12/h11-14H,3-10H2,1-2H3. The largest absolute Gasteiger partial charge is 0.313 e. The van der Waals surface area contributed by atoms with Crippen LogP contribution in [0.4, 0.5) is 0 Å². The van der Waals surface area contributed by atoms with Gasteiger partial charge in [-0.1, -0.05) is 25.7 Å². The first-order valence-corrected chi connectivity index (χ1v) is 6.69. The van der Waals surface area contributed by atoms with Crippen molar-refractivity contribution in [2.75, 3.05) is 20.1 Å². The molecule has 0 aromatic carbocycles. The normalized spacial score (nSPS) is 34.0. The molecule has 2 atom stereocenters. The molecular formula is C13H26N2. The monoisotopic (exact) mass is 210 g/mol. The fourth-order valence-corrected chi connectivity index (χ4v) is 3.13. The highest BCUT2D eigenvalue weighted by Gasteiger charge is 2.25. The van der Waals surface area contributed by atoms with Crippen LogP contribution in [0.2, 0.25) is 0 Å². The maximum absolute atomic E-state index is 3.73. The number of likely N-dealkylation sites (tertiary alicyclic amines) is 1. The summed E-state index contributed by atoms with van der Waals surface area (Å²) >= 11 is 0.